The third-order valence-corrected chi connectivity index (χ3v) is 3.22. The van der Waals surface area contributed by atoms with Crippen molar-refractivity contribution in [3.05, 3.63) is 17.8 Å². The highest BCUT2D eigenvalue weighted by Crippen LogP contribution is 2.38. The van der Waals surface area contributed by atoms with Crippen LogP contribution >= 0.6 is 0 Å². The summed E-state index contributed by atoms with van der Waals surface area (Å²) in [6, 6.07) is 4.50. The molecule has 1 unspecified atom stereocenters. The largest absolute Gasteiger partial charge is 0.354 e. The van der Waals surface area contributed by atoms with Crippen molar-refractivity contribution in [1.29, 1.82) is 0 Å². The van der Waals surface area contributed by atoms with Gasteiger partial charge in [-0.1, -0.05) is 0 Å². The third-order valence-electron chi connectivity index (χ3n) is 3.22. The molecule has 1 saturated carbocycles. The van der Waals surface area contributed by atoms with Crippen molar-refractivity contribution in [1.82, 2.24) is 10.2 Å². The molecule has 3 rings (SSSR count). The number of anilines is 1. The quantitative estimate of drug-likeness (QED) is 0.777. The first-order valence-electron chi connectivity index (χ1n) is 5.67. The lowest BCUT2D eigenvalue weighted by Crippen LogP contribution is -2.27. The molecule has 0 aromatic carbocycles. The summed E-state index contributed by atoms with van der Waals surface area (Å²) in [6.07, 6.45) is 3.62. The number of nitrogens with zero attached hydrogens (tertiary/aromatic N) is 3. The van der Waals surface area contributed by atoms with Gasteiger partial charge in [-0.2, -0.15) is 5.10 Å². The smallest absolute Gasteiger partial charge is 0.151 e. The normalized spacial score (nSPS) is 25.9. The van der Waals surface area contributed by atoms with Crippen molar-refractivity contribution in [2.45, 2.75) is 31.2 Å². The molecule has 4 nitrogen and oxygen atoms in total. The minimum atomic E-state index is 0.301. The summed E-state index contributed by atoms with van der Waals surface area (Å²) >= 11 is 0. The van der Waals surface area contributed by atoms with Gasteiger partial charge in [0.1, 0.15) is 0 Å². The van der Waals surface area contributed by atoms with Crippen LogP contribution in [-0.2, 0) is 0 Å². The van der Waals surface area contributed by atoms with Gasteiger partial charge >= 0.3 is 0 Å². The van der Waals surface area contributed by atoms with E-state index in [1.807, 2.05) is 0 Å². The van der Waals surface area contributed by atoms with Gasteiger partial charge in [0.2, 0.25) is 0 Å². The maximum atomic E-state index is 5.86. The summed E-state index contributed by atoms with van der Waals surface area (Å²) in [5, 5.41) is 8.55. The predicted octanol–water partition coefficient (Wildman–Crippen LogP) is 0.891. The molecule has 2 N–H and O–H groups in total. The highest BCUT2D eigenvalue weighted by molar-refractivity contribution is 5.39. The maximum absolute atomic E-state index is 5.86. The first-order chi connectivity index (χ1) is 7.33. The molecular weight excluding hydrogens is 188 g/mol. The summed E-state index contributed by atoms with van der Waals surface area (Å²) in [7, 11) is 0. The van der Waals surface area contributed by atoms with Crippen LogP contribution in [0, 0.1) is 0 Å². The standard InChI is InChI=1S/C11H16N4/c12-9-5-6-15(7-9)11-4-3-10(13-14-11)8-1-2-8/h3-4,8-9H,1-2,5-7,12H2. The molecule has 0 radical (unpaired) electrons. The van der Waals surface area contributed by atoms with E-state index in [1.165, 1.54) is 12.8 Å². The Morgan fingerprint density at radius 3 is 2.60 bits per heavy atom. The van der Waals surface area contributed by atoms with E-state index >= 15 is 0 Å². The van der Waals surface area contributed by atoms with Crippen LogP contribution in [0.15, 0.2) is 12.1 Å². The molecule has 0 amide bonds. The van der Waals surface area contributed by atoms with Gasteiger partial charge in [-0.3, -0.25) is 0 Å². The molecule has 1 saturated heterocycles. The first-order valence-corrected chi connectivity index (χ1v) is 5.67. The second kappa shape index (κ2) is 3.45. The minimum absolute atomic E-state index is 0.301. The van der Waals surface area contributed by atoms with Gasteiger partial charge < -0.3 is 10.6 Å². The van der Waals surface area contributed by atoms with Gasteiger partial charge in [0.15, 0.2) is 5.82 Å². The fraction of sp³-hybridized carbons (Fsp3) is 0.636. The van der Waals surface area contributed by atoms with Crippen LogP contribution in [0.2, 0.25) is 0 Å². The molecule has 2 aliphatic rings. The van der Waals surface area contributed by atoms with Gasteiger partial charge in [0.05, 0.1) is 5.69 Å². The van der Waals surface area contributed by atoms with Crippen LogP contribution in [0.4, 0.5) is 5.82 Å². The summed E-state index contributed by atoms with van der Waals surface area (Å²) in [4.78, 5) is 2.22. The molecule has 1 aromatic rings. The summed E-state index contributed by atoms with van der Waals surface area (Å²) in [5.74, 6) is 1.67. The van der Waals surface area contributed by atoms with E-state index in [-0.39, 0.29) is 0 Å². The number of hydrogen-bond acceptors (Lipinski definition) is 4. The SMILES string of the molecule is NC1CCN(c2ccc(C3CC3)nn2)C1. The molecule has 4 heteroatoms. The Morgan fingerprint density at radius 2 is 2.07 bits per heavy atom. The van der Waals surface area contributed by atoms with E-state index < -0.39 is 0 Å². The van der Waals surface area contributed by atoms with E-state index in [2.05, 4.69) is 27.2 Å². The summed E-state index contributed by atoms with van der Waals surface area (Å²) < 4.78 is 0. The van der Waals surface area contributed by atoms with E-state index in [0.717, 1.165) is 31.0 Å². The second-order valence-corrected chi connectivity index (χ2v) is 4.59. The zero-order chi connectivity index (χ0) is 10.3. The van der Waals surface area contributed by atoms with E-state index in [4.69, 9.17) is 5.73 Å². The Bertz CT molecular complexity index is 344. The van der Waals surface area contributed by atoms with Crippen molar-refractivity contribution in [2.75, 3.05) is 18.0 Å². The highest BCUT2D eigenvalue weighted by atomic mass is 15.3. The summed E-state index contributed by atoms with van der Waals surface area (Å²) in [5.41, 5.74) is 7.02. The molecule has 0 spiro atoms. The van der Waals surface area contributed by atoms with Gasteiger partial charge in [-0.15, -0.1) is 5.10 Å². The zero-order valence-corrected chi connectivity index (χ0v) is 8.76. The first kappa shape index (κ1) is 9.09. The van der Waals surface area contributed by atoms with Gasteiger partial charge in [-0.05, 0) is 31.4 Å². The van der Waals surface area contributed by atoms with Crippen LogP contribution in [-0.4, -0.2) is 29.3 Å². The third kappa shape index (κ3) is 1.81. The molecule has 80 valence electrons. The number of rotatable bonds is 2. The maximum Gasteiger partial charge on any atom is 0.151 e. The van der Waals surface area contributed by atoms with E-state index in [9.17, 15) is 0 Å². The van der Waals surface area contributed by atoms with Crippen molar-refractivity contribution < 1.29 is 0 Å². The van der Waals surface area contributed by atoms with Gasteiger partial charge in [-0.25, -0.2) is 0 Å². The van der Waals surface area contributed by atoms with Crippen molar-refractivity contribution in [2.24, 2.45) is 5.73 Å². The molecular formula is C11H16N4. The van der Waals surface area contributed by atoms with Crippen LogP contribution in [0.25, 0.3) is 0 Å². The number of aromatic nitrogens is 2. The molecule has 1 aliphatic carbocycles. The molecule has 0 bridgehead atoms. The van der Waals surface area contributed by atoms with Crippen molar-refractivity contribution in [3.8, 4) is 0 Å². The fourth-order valence-corrected chi connectivity index (χ4v) is 2.10. The Labute approximate surface area is 89.5 Å². The van der Waals surface area contributed by atoms with Crippen molar-refractivity contribution >= 4 is 5.82 Å². The predicted molar refractivity (Wildman–Crippen MR) is 58.8 cm³/mol. The Balaban J connectivity index is 1.75. The average molecular weight is 204 g/mol. The number of nitrogens with two attached hydrogens (primary N) is 1. The van der Waals surface area contributed by atoms with Crippen LogP contribution in [0.5, 0.6) is 0 Å². The molecule has 15 heavy (non-hydrogen) atoms. The van der Waals surface area contributed by atoms with E-state index in [1.54, 1.807) is 0 Å². The Kier molecular flexibility index (Phi) is 2.09. The highest BCUT2D eigenvalue weighted by Gasteiger charge is 2.26. The lowest BCUT2D eigenvalue weighted by atomic mass is 10.3. The van der Waals surface area contributed by atoms with Crippen LogP contribution < -0.4 is 10.6 Å². The molecule has 1 aromatic heterocycles. The summed E-state index contributed by atoms with van der Waals surface area (Å²) in [6.45, 7) is 1.93. The minimum Gasteiger partial charge on any atom is -0.354 e. The Hall–Kier alpha value is -1.16. The topological polar surface area (TPSA) is 55.0 Å². The molecule has 1 aliphatic heterocycles. The molecule has 2 fully saturated rings. The van der Waals surface area contributed by atoms with Gasteiger partial charge in [0.25, 0.3) is 0 Å². The second-order valence-electron chi connectivity index (χ2n) is 4.59. The fourth-order valence-electron chi connectivity index (χ4n) is 2.10. The van der Waals surface area contributed by atoms with Crippen molar-refractivity contribution in [3.63, 3.8) is 0 Å². The monoisotopic (exact) mass is 204 g/mol. The zero-order valence-electron chi connectivity index (χ0n) is 8.76. The Morgan fingerprint density at radius 1 is 1.20 bits per heavy atom. The van der Waals surface area contributed by atoms with Crippen LogP contribution in [0.3, 0.4) is 0 Å². The molecule has 1 atom stereocenters. The van der Waals surface area contributed by atoms with Gasteiger partial charge in [0, 0.05) is 25.0 Å². The lowest BCUT2D eigenvalue weighted by molar-refractivity contribution is 0.750. The van der Waals surface area contributed by atoms with E-state index in [0.29, 0.717) is 12.0 Å². The average Bonchev–Trinajstić information content (AvgIpc) is 3.02. The number of hydrogen-bond donors (Lipinski definition) is 1. The lowest BCUT2D eigenvalue weighted by Gasteiger charge is -2.15. The molecule has 2 heterocycles. The van der Waals surface area contributed by atoms with Crippen LogP contribution in [0.1, 0.15) is 30.9 Å².